The van der Waals surface area contributed by atoms with Crippen molar-refractivity contribution in [3.05, 3.63) is 23.5 Å². The fraction of sp³-hybridized carbons (Fsp3) is 0.625. The zero-order valence-corrected chi connectivity index (χ0v) is 14.3. The van der Waals surface area contributed by atoms with Crippen molar-refractivity contribution in [3.63, 3.8) is 0 Å². The van der Waals surface area contributed by atoms with Crippen molar-refractivity contribution in [2.75, 3.05) is 6.61 Å². The first-order chi connectivity index (χ1) is 12.7. The largest absolute Gasteiger partial charge is 0.481 e. The number of rotatable bonds is 6. The van der Waals surface area contributed by atoms with E-state index in [-0.39, 0.29) is 11.1 Å². The van der Waals surface area contributed by atoms with Crippen molar-refractivity contribution < 1.29 is 54.4 Å². The molecule has 6 N–H and O–H groups in total. The van der Waals surface area contributed by atoms with Crippen LogP contribution in [0.4, 0.5) is 0 Å². The first-order valence-corrected chi connectivity index (χ1v) is 8.13. The third-order valence-electron chi connectivity index (χ3n) is 4.43. The average Bonchev–Trinajstić information content (AvgIpc) is 2.61. The third kappa shape index (κ3) is 4.46. The van der Waals surface area contributed by atoms with Crippen molar-refractivity contribution in [1.29, 1.82) is 0 Å². The summed E-state index contributed by atoms with van der Waals surface area (Å²) in [6, 6.07) is 0. The Morgan fingerprint density at radius 3 is 2.37 bits per heavy atom. The molecule has 2 aliphatic heterocycles. The van der Waals surface area contributed by atoms with E-state index in [0.29, 0.717) is 0 Å². The van der Waals surface area contributed by atoms with Crippen molar-refractivity contribution in [1.82, 2.24) is 0 Å². The van der Waals surface area contributed by atoms with Gasteiger partial charge in [0.1, 0.15) is 24.4 Å². The molecule has 0 bridgehead atoms. The fourth-order valence-electron chi connectivity index (χ4n) is 2.99. The van der Waals surface area contributed by atoms with E-state index < -0.39 is 67.9 Å². The SMILES string of the molecule is C/C=C1/[C@H](O[C@@H]2O[C@H](CO)[C@@H](O)[C@H](O)[C@H]2O)OC=C(C(=O)O)[C@H]1CC(=O)O. The van der Waals surface area contributed by atoms with Gasteiger partial charge in [-0.05, 0) is 6.92 Å². The van der Waals surface area contributed by atoms with Crippen LogP contribution in [0, 0.1) is 5.92 Å². The zero-order chi connectivity index (χ0) is 20.3. The Bertz CT molecular complexity index is 626. The zero-order valence-electron chi connectivity index (χ0n) is 14.3. The molecule has 27 heavy (non-hydrogen) atoms. The lowest BCUT2D eigenvalue weighted by Gasteiger charge is -2.41. The second kappa shape index (κ2) is 8.78. The molecule has 11 nitrogen and oxygen atoms in total. The van der Waals surface area contributed by atoms with E-state index in [0.717, 1.165) is 6.26 Å². The molecule has 0 aromatic carbocycles. The minimum atomic E-state index is -1.69. The Balaban J connectivity index is 2.25. The van der Waals surface area contributed by atoms with Crippen LogP contribution in [0.15, 0.2) is 23.5 Å². The molecule has 2 heterocycles. The number of hydrogen-bond acceptors (Lipinski definition) is 9. The molecule has 0 unspecified atom stereocenters. The van der Waals surface area contributed by atoms with Crippen LogP contribution >= 0.6 is 0 Å². The summed E-state index contributed by atoms with van der Waals surface area (Å²) in [5.74, 6) is -3.64. The summed E-state index contributed by atoms with van der Waals surface area (Å²) < 4.78 is 15.9. The molecule has 0 radical (unpaired) electrons. The molecule has 2 aliphatic rings. The minimum Gasteiger partial charge on any atom is -0.481 e. The van der Waals surface area contributed by atoms with Gasteiger partial charge in [0.2, 0.25) is 6.29 Å². The molecule has 2 rings (SSSR count). The number of carboxylic acids is 2. The summed E-state index contributed by atoms with van der Waals surface area (Å²) >= 11 is 0. The Hall–Kier alpha value is -2.02. The summed E-state index contributed by atoms with van der Waals surface area (Å²) in [5.41, 5.74) is -0.103. The average molecular weight is 390 g/mol. The van der Waals surface area contributed by atoms with Crippen LogP contribution in [-0.4, -0.2) is 86.2 Å². The second-order valence-corrected chi connectivity index (χ2v) is 6.12. The van der Waals surface area contributed by atoms with Gasteiger partial charge in [-0.1, -0.05) is 6.08 Å². The molecule has 1 saturated heterocycles. The smallest absolute Gasteiger partial charge is 0.335 e. The van der Waals surface area contributed by atoms with E-state index in [1.54, 1.807) is 0 Å². The molecule has 0 aromatic rings. The lowest BCUT2D eigenvalue weighted by atomic mass is 9.86. The van der Waals surface area contributed by atoms with E-state index in [4.69, 9.17) is 19.3 Å². The highest BCUT2D eigenvalue weighted by Gasteiger charge is 2.46. The second-order valence-electron chi connectivity index (χ2n) is 6.12. The quantitative estimate of drug-likeness (QED) is 0.280. The molecule has 1 fully saturated rings. The van der Waals surface area contributed by atoms with Gasteiger partial charge in [-0.25, -0.2) is 4.79 Å². The highest BCUT2D eigenvalue weighted by molar-refractivity contribution is 5.89. The summed E-state index contributed by atoms with van der Waals surface area (Å²) in [5, 5.41) is 57.2. The van der Waals surface area contributed by atoms with Gasteiger partial charge in [-0.2, -0.15) is 0 Å². The molecule has 0 spiro atoms. The van der Waals surface area contributed by atoms with Crippen LogP contribution < -0.4 is 0 Å². The van der Waals surface area contributed by atoms with Crippen molar-refractivity contribution in [2.45, 2.75) is 50.3 Å². The lowest BCUT2D eigenvalue weighted by Crippen LogP contribution is -2.60. The summed E-state index contributed by atoms with van der Waals surface area (Å²) in [4.78, 5) is 22.5. The van der Waals surface area contributed by atoms with Crippen LogP contribution in [-0.2, 0) is 23.8 Å². The maximum atomic E-state index is 11.4. The Kier molecular flexibility index (Phi) is 6.92. The molecule has 0 saturated carbocycles. The number of aliphatic hydroxyl groups is 4. The van der Waals surface area contributed by atoms with E-state index in [1.165, 1.54) is 13.0 Å². The van der Waals surface area contributed by atoms with Crippen LogP contribution in [0.5, 0.6) is 0 Å². The van der Waals surface area contributed by atoms with Crippen molar-refractivity contribution >= 4 is 11.9 Å². The maximum absolute atomic E-state index is 11.4. The van der Waals surface area contributed by atoms with Gasteiger partial charge in [0.05, 0.1) is 24.9 Å². The number of carbonyl (C=O) groups is 2. The first-order valence-electron chi connectivity index (χ1n) is 8.13. The molecule has 7 atom stereocenters. The minimum absolute atomic E-state index is 0.175. The van der Waals surface area contributed by atoms with Crippen LogP contribution in [0.2, 0.25) is 0 Å². The number of aliphatic carboxylic acids is 2. The third-order valence-corrected chi connectivity index (χ3v) is 4.43. The summed E-state index contributed by atoms with van der Waals surface area (Å²) in [7, 11) is 0. The predicted molar refractivity (Wildman–Crippen MR) is 84.9 cm³/mol. The number of carboxylic acid groups (broad SMARTS) is 2. The van der Waals surface area contributed by atoms with Gasteiger partial charge in [0, 0.05) is 11.5 Å². The molecule has 0 aromatic heterocycles. The van der Waals surface area contributed by atoms with Crippen molar-refractivity contribution in [2.24, 2.45) is 5.92 Å². The van der Waals surface area contributed by atoms with Crippen molar-refractivity contribution in [3.8, 4) is 0 Å². The van der Waals surface area contributed by atoms with Gasteiger partial charge in [0.15, 0.2) is 6.29 Å². The van der Waals surface area contributed by atoms with Gasteiger partial charge >= 0.3 is 11.9 Å². The van der Waals surface area contributed by atoms with E-state index >= 15 is 0 Å². The van der Waals surface area contributed by atoms with E-state index in [9.17, 15) is 35.1 Å². The van der Waals surface area contributed by atoms with Gasteiger partial charge in [0.25, 0.3) is 0 Å². The van der Waals surface area contributed by atoms with E-state index in [1.807, 2.05) is 0 Å². The molecule has 152 valence electrons. The lowest BCUT2D eigenvalue weighted by molar-refractivity contribution is -0.327. The summed E-state index contributed by atoms with van der Waals surface area (Å²) in [6.07, 6.45) is -7.20. The normalized spacial score (nSPS) is 38.2. The highest BCUT2D eigenvalue weighted by atomic mass is 16.8. The molecule has 0 amide bonds. The van der Waals surface area contributed by atoms with Gasteiger partial charge in [-0.3, -0.25) is 4.79 Å². The predicted octanol–water partition coefficient (Wildman–Crippen LogP) is -1.84. The first kappa shape index (κ1) is 21.3. The van der Waals surface area contributed by atoms with Gasteiger partial charge < -0.3 is 44.8 Å². The van der Waals surface area contributed by atoms with Gasteiger partial charge in [-0.15, -0.1) is 0 Å². The monoisotopic (exact) mass is 390 g/mol. The summed E-state index contributed by atoms with van der Waals surface area (Å²) in [6.45, 7) is 0.874. The molecule has 11 heteroatoms. The Morgan fingerprint density at radius 1 is 1.19 bits per heavy atom. The van der Waals surface area contributed by atoms with Crippen LogP contribution in [0.3, 0.4) is 0 Å². The number of aliphatic hydroxyl groups excluding tert-OH is 4. The van der Waals surface area contributed by atoms with Crippen LogP contribution in [0.25, 0.3) is 0 Å². The maximum Gasteiger partial charge on any atom is 0.335 e. The van der Waals surface area contributed by atoms with Crippen LogP contribution in [0.1, 0.15) is 13.3 Å². The number of ether oxygens (including phenoxy) is 3. The topological polar surface area (TPSA) is 183 Å². The number of hydrogen-bond donors (Lipinski definition) is 6. The Labute approximate surface area is 153 Å². The Morgan fingerprint density at radius 2 is 1.85 bits per heavy atom. The fourth-order valence-corrected chi connectivity index (χ4v) is 2.99. The van der Waals surface area contributed by atoms with E-state index in [2.05, 4.69) is 0 Å². The molecule has 0 aliphatic carbocycles. The number of allylic oxidation sites excluding steroid dienone is 1. The molecular weight excluding hydrogens is 368 g/mol. The molecular formula is C16H22O11. The highest BCUT2D eigenvalue weighted by Crippen LogP contribution is 2.35. The standard InChI is InChI=1S/C16H22O11/c1-2-6-7(3-10(18)19)8(14(23)24)5-25-15(6)27-16-13(22)12(21)11(20)9(4-17)26-16/h2,5,7,9,11-13,15-17,20-22H,3-4H2,1H3,(H,18,19)(H,23,24)/b6-2+/t7-,9+,11+,12-,13+,15-,16-/m0/s1.